The summed E-state index contributed by atoms with van der Waals surface area (Å²) in [6, 6.07) is 0.682. The normalized spacial score (nSPS) is 12.4. The first-order chi connectivity index (χ1) is 9.46. The van der Waals surface area contributed by atoms with E-state index in [1.165, 1.54) is 0 Å². The van der Waals surface area contributed by atoms with Gasteiger partial charge in [-0.25, -0.2) is 22.0 Å². The third-order valence-corrected chi connectivity index (χ3v) is 3.20. The van der Waals surface area contributed by atoms with Crippen molar-refractivity contribution in [2.45, 2.75) is 11.1 Å². The standard InChI is InChI=1S/C9H6F5NO5S/c10-4-1-2-5(7(11)6(4)8(16)17)21(18,19)15-20-3-9(12,13)14/h1-2,15H,3H2,(H,16,17). The molecular weight excluding hydrogens is 329 g/mol. The van der Waals surface area contributed by atoms with E-state index in [2.05, 4.69) is 4.84 Å². The maximum absolute atomic E-state index is 13.6. The molecule has 1 rings (SSSR count). The summed E-state index contributed by atoms with van der Waals surface area (Å²) in [6.45, 7) is -2.00. The molecule has 0 aromatic heterocycles. The van der Waals surface area contributed by atoms with Crippen molar-refractivity contribution in [3.63, 3.8) is 0 Å². The lowest BCUT2D eigenvalue weighted by Gasteiger charge is -2.10. The molecule has 0 amide bonds. The number of carbonyl (C=O) groups is 1. The summed E-state index contributed by atoms with van der Waals surface area (Å²) in [5.74, 6) is -5.60. The summed E-state index contributed by atoms with van der Waals surface area (Å²) >= 11 is 0. The van der Waals surface area contributed by atoms with Gasteiger partial charge in [-0.2, -0.15) is 13.2 Å². The third-order valence-electron chi connectivity index (χ3n) is 1.96. The van der Waals surface area contributed by atoms with Crippen molar-refractivity contribution in [1.82, 2.24) is 4.89 Å². The number of halogens is 5. The van der Waals surface area contributed by atoms with Crippen LogP contribution in [0, 0.1) is 11.6 Å². The zero-order valence-corrected chi connectivity index (χ0v) is 10.6. The molecule has 2 N–H and O–H groups in total. The Hall–Kier alpha value is -1.79. The topological polar surface area (TPSA) is 92.7 Å². The van der Waals surface area contributed by atoms with Gasteiger partial charge in [-0.3, -0.25) is 4.84 Å². The Morgan fingerprint density at radius 1 is 1.29 bits per heavy atom. The molecule has 6 nitrogen and oxygen atoms in total. The molecular formula is C9H6F5NO5S. The molecule has 0 radical (unpaired) electrons. The number of sulfonamides is 1. The van der Waals surface area contributed by atoms with Gasteiger partial charge in [-0.05, 0) is 12.1 Å². The highest BCUT2D eigenvalue weighted by Crippen LogP contribution is 2.21. The first-order valence-electron chi connectivity index (χ1n) is 4.87. The van der Waals surface area contributed by atoms with E-state index in [0.717, 1.165) is 4.89 Å². The number of aromatic carboxylic acids is 1. The van der Waals surface area contributed by atoms with Crippen LogP contribution >= 0.6 is 0 Å². The third kappa shape index (κ3) is 4.34. The Balaban J connectivity index is 3.10. The second-order valence-electron chi connectivity index (χ2n) is 3.53. The van der Waals surface area contributed by atoms with Crippen LogP contribution in [-0.4, -0.2) is 32.3 Å². The Kier molecular flexibility index (Phi) is 4.86. The largest absolute Gasteiger partial charge is 0.477 e. The summed E-state index contributed by atoms with van der Waals surface area (Å²) < 4.78 is 84.9. The van der Waals surface area contributed by atoms with Crippen LogP contribution in [0.5, 0.6) is 0 Å². The lowest BCUT2D eigenvalue weighted by Crippen LogP contribution is -2.30. The first kappa shape index (κ1) is 17.3. The predicted octanol–water partition coefficient (Wildman–Crippen LogP) is 1.44. The number of hydrogen-bond donors (Lipinski definition) is 2. The molecule has 0 bridgehead atoms. The van der Waals surface area contributed by atoms with Gasteiger partial charge in [0.15, 0.2) is 12.4 Å². The molecule has 0 heterocycles. The average molecular weight is 335 g/mol. The summed E-state index contributed by atoms with van der Waals surface area (Å²) in [7, 11) is -4.96. The zero-order valence-electron chi connectivity index (χ0n) is 9.74. The Labute approximate surface area is 114 Å². The van der Waals surface area contributed by atoms with E-state index < -0.39 is 50.9 Å². The molecule has 1 aromatic carbocycles. The van der Waals surface area contributed by atoms with Gasteiger partial charge in [0.05, 0.1) is 0 Å². The van der Waals surface area contributed by atoms with Crippen molar-refractivity contribution < 1.29 is 45.1 Å². The van der Waals surface area contributed by atoms with Gasteiger partial charge in [-0.1, -0.05) is 4.89 Å². The molecule has 1 aromatic rings. The van der Waals surface area contributed by atoms with Crippen LogP contribution < -0.4 is 4.89 Å². The van der Waals surface area contributed by atoms with Gasteiger partial charge in [0.2, 0.25) is 0 Å². The van der Waals surface area contributed by atoms with Gasteiger partial charge in [0.1, 0.15) is 16.3 Å². The lowest BCUT2D eigenvalue weighted by atomic mass is 10.2. The molecule has 118 valence electrons. The quantitative estimate of drug-likeness (QED) is 0.627. The van der Waals surface area contributed by atoms with E-state index in [1.807, 2.05) is 0 Å². The Bertz CT molecular complexity index is 657. The number of benzene rings is 1. The number of nitrogens with one attached hydrogen (secondary N) is 1. The van der Waals surface area contributed by atoms with Crippen LogP contribution in [0.3, 0.4) is 0 Å². The monoisotopic (exact) mass is 335 g/mol. The van der Waals surface area contributed by atoms with Crippen LogP contribution in [0.25, 0.3) is 0 Å². The smallest absolute Gasteiger partial charge is 0.413 e. The molecule has 0 aliphatic carbocycles. The molecule has 0 fully saturated rings. The summed E-state index contributed by atoms with van der Waals surface area (Å²) in [5.41, 5.74) is -1.56. The van der Waals surface area contributed by atoms with E-state index in [0.29, 0.717) is 12.1 Å². The molecule has 21 heavy (non-hydrogen) atoms. The van der Waals surface area contributed by atoms with Crippen molar-refractivity contribution in [2.24, 2.45) is 0 Å². The van der Waals surface area contributed by atoms with Crippen molar-refractivity contribution in [3.05, 3.63) is 29.3 Å². The SMILES string of the molecule is O=C(O)c1c(F)ccc(S(=O)(=O)NOCC(F)(F)F)c1F. The maximum atomic E-state index is 13.6. The molecule has 0 spiro atoms. The maximum Gasteiger partial charge on any atom is 0.413 e. The van der Waals surface area contributed by atoms with Crippen molar-refractivity contribution in [2.75, 3.05) is 6.61 Å². The first-order valence-corrected chi connectivity index (χ1v) is 6.35. The Morgan fingerprint density at radius 2 is 1.86 bits per heavy atom. The molecule has 0 unspecified atom stereocenters. The average Bonchev–Trinajstić information content (AvgIpc) is 2.25. The van der Waals surface area contributed by atoms with E-state index >= 15 is 0 Å². The molecule has 0 saturated heterocycles. The fourth-order valence-electron chi connectivity index (χ4n) is 1.17. The van der Waals surface area contributed by atoms with Gasteiger partial charge in [-0.15, -0.1) is 0 Å². The Morgan fingerprint density at radius 3 is 2.33 bits per heavy atom. The van der Waals surface area contributed by atoms with Crippen LogP contribution in [0.4, 0.5) is 22.0 Å². The van der Waals surface area contributed by atoms with E-state index in [1.54, 1.807) is 0 Å². The van der Waals surface area contributed by atoms with E-state index in [9.17, 15) is 35.2 Å². The van der Waals surface area contributed by atoms with Gasteiger partial charge in [0.25, 0.3) is 10.0 Å². The van der Waals surface area contributed by atoms with Crippen LogP contribution in [0.15, 0.2) is 17.0 Å². The minimum Gasteiger partial charge on any atom is -0.477 e. The van der Waals surface area contributed by atoms with Crippen molar-refractivity contribution >= 4 is 16.0 Å². The van der Waals surface area contributed by atoms with Crippen LogP contribution in [0.1, 0.15) is 10.4 Å². The van der Waals surface area contributed by atoms with Gasteiger partial charge >= 0.3 is 12.1 Å². The number of carboxylic acids is 1. The molecule has 0 aliphatic heterocycles. The number of carboxylic acid groups (broad SMARTS) is 1. The number of hydrogen-bond acceptors (Lipinski definition) is 4. The highest BCUT2D eigenvalue weighted by atomic mass is 32.2. The van der Waals surface area contributed by atoms with Crippen LogP contribution in [-0.2, 0) is 14.9 Å². The summed E-state index contributed by atoms with van der Waals surface area (Å²) in [6.07, 6.45) is -4.85. The minimum atomic E-state index is -4.96. The molecule has 12 heteroatoms. The van der Waals surface area contributed by atoms with Crippen molar-refractivity contribution in [3.8, 4) is 0 Å². The molecule has 0 saturated carbocycles. The molecule has 0 aliphatic rings. The fourth-order valence-corrected chi connectivity index (χ4v) is 2.06. The minimum absolute atomic E-state index is 0.338. The second-order valence-corrected chi connectivity index (χ2v) is 5.14. The van der Waals surface area contributed by atoms with Crippen LogP contribution in [0.2, 0.25) is 0 Å². The van der Waals surface area contributed by atoms with Crippen molar-refractivity contribution in [1.29, 1.82) is 0 Å². The lowest BCUT2D eigenvalue weighted by molar-refractivity contribution is -0.181. The zero-order chi connectivity index (χ0) is 16.4. The summed E-state index contributed by atoms with van der Waals surface area (Å²) in [4.78, 5) is 13.8. The predicted molar refractivity (Wildman–Crippen MR) is 55.6 cm³/mol. The number of alkyl halides is 3. The highest BCUT2D eigenvalue weighted by Gasteiger charge is 2.31. The highest BCUT2D eigenvalue weighted by molar-refractivity contribution is 7.89. The fraction of sp³-hybridized carbons (Fsp3) is 0.222. The van der Waals surface area contributed by atoms with Gasteiger partial charge in [0, 0.05) is 0 Å². The molecule has 0 atom stereocenters. The second kappa shape index (κ2) is 5.91. The summed E-state index contributed by atoms with van der Waals surface area (Å²) in [5, 5.41) is 8.54. The number of rotatable bonds is 5. The van der Waals surface area contributed by atoms with E-state index in [-0.39, 0.29) is 0 Å². The van der Waals surface area contributed by atoms with E-state index in [4.69, 9.17) is 5.11 Å². The van der Waals surface area contributed by atoms with Gasteiger partial charge < -0.3 is 5.11 Å².